The summed E-state index contributed by atoms with van der Waals surface area (Å²) in [5.41, 5.74) is 3.13. The third kappa shape index (κ3) is 5.16. The number of fused-ring (bicyclic) bond motifs is 1. The molecule has 0 radical (unpaired) electrons. The van der Waals surface area contributed by atoms with Crippen molar-refractivity contribution in [2.24, 2.45) is 0 Å². The molecule has 0 aliphatic carbocycles. The first kappa shape index (κ1) is 21.2. The first-order chi connectivity index (χ1) is 15.6. The van der Waals surface area contributed by atoms with E-state index in [2.05, 4.69) is 5.32 Å². The second kappa shape index (κ2) is 9.83. The van der Waals surface area contributed by atoms with Gasteiger partial charge >= 0.3 is 0 Å². The number of ether oxygens (including phenoxy) is 2. The average molecular weight is 428 g/mol. The largest absolute Gasteiger partial charge is 0.494 e. The molecule has 4 rings (SSSR count). The van der Waals surface area contributed by atoms with Crippen LogP contribution >= 0.6 is 0 Å². The minimum absolute atomic E-state index is 0.00361. The second-order valence-corrected chi connectivity index (χ2v) is 7.26. The Labute approximate surface area is 187 Å². The summed E-state index contributed by atoms with van der Waals surface area (Å²) in [5, 5.41) is 2.85. The fourth-order valence-electron chi connectivity index (χ4n) is 3.42. The fraction of sp³-hybridized carbons (Fsp3) is 0.154. The standard InChI is InChI=1S/C26H24N2O4/c1-2-31-22-12-8-19(9-13-22)10-15-25(29)27-21-11-14-24-23(16-21)28(26(30)18-32-24)17-20-6-4-3-5-7-20/h3-16H,2,17-18H2,1H3,(H,27,29)/b15-10+. The SMILES string of the molecule is CCOc1ccc(/C=C/C(=O)Nc2ccc3c(c2)N(Cc2ccccc2)C(=O)CO3)cc1. The number of amides is 2. The third-order valence-electron chi connectivity index (χ3n) is 4.97. The van der Waals surface area contributed by atoms with Crippen LogP contribution in [0.4, 0.5) is 11.4 Å². The minimum atomic E-state index is -0.267. The van der Waals surface area contributed by atoms with Gasteiger partial charge < -0.3 is 19.7 Å². The van der Waals surface area contributed by atoms with Crippen molar-refractivity contribution in [2.45, 2.75) is 13.5 Å². The van der Waals surface area contributed by atoms with E-state index in [0.29, 0.717) is 30.3 Å². The second-order valence-electron chi connectivity index (χ2n) is 7.26. The van der Waals surface area contributed by atoms with Gasteiger partial charge in [-0.05, 0) is 54.5 Å². The normalized spacial score (nSPS) is 12.9. The van der Waals surface area contributed by atoms with Crippen LogP contribution in [0.5, 0.6) is 11.5 Å². The maximum atomic E-state index is 12.5. The van der Waals surface area contributed by atoms with Gasteiger partial charge in [-0.15, -0.1) is 0 Å². The van der Waals surface area contributed by atoms with Crippen molar-refractivity contribution in [3.63, 3.8) is 0 Å². The van der Waals surface area contributed by atoms with Crippen molar-refractivity contribution in [2.75, 3.05) is 23.4 Å². The summed E-state index contributed by atoms with van der Waals surface area (Å²) >= 11 is 0. The fourth-order valence-corrected chi connectivity index (χ4v) is 3.42. The molecule has 3 aromatic carbocycles. The molecular formula is C26H24N2O4. The van der Waals surface area contributed by atoms with Gasteiger partial charge in [-0.1, -0.05) is 42.5 Å². The molecule has 1 aliphatic heterocycles. The van der Waals surface area contributed by atoms with Crippen molar-refractivity contribution in [1.29, 1.82) is 0 Å². The van der Waals surface area contributed by atoms with Gasteiger partial charge in [-0.25, -0.2) is 0 Å². The lowest BCUT2D eigenvalue weighted by atomic mass is 10.1. The minimum Gasteiger partial charge on any atom is -0.494 e. The average Bonchev–Trinajstić information content (AvgIpc) is 2.81. The van der Waals surface area contributed by atoms with Crippen LogP contribution < -0.4 is 19.7 Å². The Morgan fingerprint density at radius 2 is 1.88 bits per heavy atom. The Balaban J connectivity index is 1.46. The van der Waals surface area contributed by atoms with Gasteiger partial charge in [-0.3, -0.25) is 9.59 Å². The molecule has 32 heavy (non-hydrogen) atoms. The molecule has 2 amide bonds. The maximum Gasteiger partial charge on any atom is 0.265 e. The van der Waals surface area contributed by atoms with Gasteiger partial charge in [0.15, 0.2) is 6.61 Å². The number of nitrogens with one attached hydrogen (secondary N) is 1. The quantitative estimate of drug-likeness (QED) is 0.556. The molecule has 1 aliphatic rings. The maximum absolute atomic E-state index is 12.5. The highest BCUT2D eigenvalue weighted by Gasteiger charge is 2.26. The van der Waals surface area contributed by atoms with Crippen molar-refractivity contribution in [3.8, 4) is 11.5 Å². The number of carbonyl (C=O) groups is 2. The highest BCUT2D eigenvalue weighted by Crippen LogP contribution is 2.35. The number of anilines is 2. The molecule has 0 saturated heterocycles. The highest BCUT2D eigenvalue weighted by molar-refractivity contribution is 6.03. The third-order valence-corrected chi connectivity index (χ3v) is 4.97. The van der Waals surface area contributed by atoms with E-state index in [4.69, 9.17) is 9.47 Å². The Hall–Kier alpha value is -4.06. The van der Waals surface area contributed by atoms with E-state index in [-0.39, 0.29) is 18.4 Å². The monoisotopic (exact) mass is 428 g/mol. The van der Waals surface area contributed by atoms with Crippen molar-refractivity contribution in [3.05, 3.63) is 90.0 Å². The van der Waals surface area contributed by atoms with Crippen molar-refractivity contribution < 1.29 is 19.1 Å². The number of rotatable bonds is 7. The van der Waals surface area contributed by atoms with Crippen LogP contribution in [0.25, 0.3) is 6.08 Å². The zero-order valence-corrected chi connectivity index (χ0v) is 17.8. The van der Waals surface area contributed by atoms with E-state index < -0.39 is 0 Å². The Kier molecular flexibility index (Phi) is 6.51. The van der Waals surface area contributed by atoms with Gasteiger partial charge in [0.2, 0.25) is 5.91 Å². The van der Waals surface area contributed by atoms with E-state index >= 15 is 0 Å². The number of carbonyl (C=O) groups excluding carboxylic acids is 2. The van der Waals surface area contributed by atoms with Crippen LogP contribution in [0, 0.1) is 0 Å². The highest BCUT2D eigenvalue weighted by atomic mass is 16.5. The van der Waals surface area contributed by atoms with E-state index in [1.807, 2.05) is 61.5 Å². The van der Waals surface area contributed by atoms with Gasteiger partial charge in [0.05, 0.1) is 18.8 Å². The molecule has 0 saturated carbocycles. The molecule has 0 unspecified atom stereocenters. The molecule has 0 atom stereocenters. The molecular weight excluding hydrogens is 404 g/mol. The summed E-state index contributed by atoms with van der Waals surface area (Å²) in [6, 6.07) is 22.6. The topological polar surface area (TPSA) is 67.9 Å². The summed E-state index contributed by atoms with van der Waals surface area (Å²) < 4.78 is 11.0. The molecule has 1 heterocycles. The molecule has 162 valence electrons. The smallest absolute Gasteiger partial charge is 0.265 e. The lowest BCUT2D eigenvalue weighted by molar-refractivity contribution is -0.121. The number of hydrogen-bond acceptors (Lipinski definition) is 4. The zero-order chi connectivity index (χ0) is 22.3. The van der Waals surface area contributed by atoms with Crippen molar-refractivity contribution >= 4 is 29.3 Å². The van der Waals surface area contributed by atoms with E-state index in [0.717, 1.165) is 16.9 Å². The lowest BCUT2D eigenvalue weighted by Crippen LogP contribution is -2.38. The Bertz CT molecular complexity index is 1120. The summed E-state index contributed by atoms with van der Waals surface area (Å²) in [6.07, 6.45) is 3.20. The first-order valence-electron chi connectivity index (χ1n) is 10.5. The van der Waals surface area contributed by atoms with Crippen LogP contribution in [-0.2, 0) is 16.1 Å². The van der Waals surface area contributed by atoms with Gasteiger partial charge in [0.25, 0.3) is 5.91 Å². The van der Waals surface area contributed by atoms with Crippen LogP contribution in [-0.4, -0.2) is 25.0 Å². The molecule has 6 heteroatoms. The molecule has 0 aromatic heterocycles. The molecule has 3 aromatic rings. The Morgan fingerprint density at radius 1 is 1.09 bits per heavy atom. The van der Waals surface area contributed by atoms with Gasteiger partial charge in [0, 0.05) is 11.8 Å². The first-order valence-corrected chi connectivity index (χ1v) is 10.5. The zero-order valence-electron chi connectivity index (χ0n) is 17.8. The molecule has 6 nitrogen and oxygen atoms in total. The van der Waals surface area contributed by atoms with Crippen LogP contribution in [0.1, 0.15) is 18.1 Å². The Morgan fingerprint density at radius 3 is 2.62 bits per heavy atom. The summed E-state index contributed by atoms with van der Waals surface area (Å²) in [5.74, 6) is 1.01. The van der Waals surface area contributed by atoms with Crippen LogP contribution in [0.2, 0.25) is 0 Å². The molecule has 0 bridgehead atoms. The molecule has 0 fully saturated rings. The van der Waals surface area contributed by atoms with Crippen LogP contribution in [0.3, 0.4) is 0 Å². The van der Waals surface area contributed by atoms with E-state index in [1.54, 1.807) is 29.2 Å². The van der Waals surface area contributed by atoms with E-state index in [9.17, 15) is 9.59 Å². The van der Waals surface area contributed by atoms with Crippen LogP contribution in [0.15, 0.2) is 78.9 Å². The molecule has 0 spiro atoms. The molecule has 1 N–H and O–H groups in total. The van der Waals surface area contributed by atoms with Gasteiger partial charge in [0.1, 0.15) is 11.5 Å². The number of benzene rings is 3. The number of nitrogens with zero attached hydrogens (tertiary/aromatic N) is 1. The number of hydrogen-bond donors (Lipinski definition) is 1. The predicted octanol–water partition coefficient (Wildman–Crippen LogP) is 4.66. The van der Waals surface area contributed by atoms with E-state index in [1.165, 1.54) is 6.08 Å². The summed E-state index contributed by atoms with van der Waals surface area (Å²) in [4.78, 5) is 26.6. The van der Waals surface area contributed by atoms with Crippen molar-refractivity contribution in [1.82, 2.24) is 0 Å². The summed E-state index contributed by atoms with van der Waals surface area (Å²) in [7, 11) is 0. The lowest BCUT2D eigenvalue weighted by Gasteiger charge is -2.30. The predicted molar refractivity (Wildman–Crippen MR) is 125 cm³/mol. The van der Waals surface area contributed by atoms with Gasteiger partial charge in [-0.2, -0.15) is 0 Å². The summed E-state index contributed by atoms with van der Waals surface area (Å²) in [6.45, 7) is 2.97.